The van der Waals surface area contributed by atoms with Crippen LogP contribution in [0.15, 0.2) is 0 Å². The lowest BCUT2D eigenvalue weighted by Gasteiger charge is -2.48. The predicted octanol–water partition coefficient (Wildman–Crippen LogP) is 1.33. The van der Waals surface area contributed by atoms with Gasteiger partial charge in [-0.3, -0.25) is 4.90 Å². The molecule has 1 saturated heterocycles. The highest BCUT2D eigenvalue weighted by Crippen LogP contribution is 2.26. The summed E-state index contributed by atoms with van der Waals surface area (Å²) < 4.78 is 0. The second-order valence-corrected chi connectivity index (χ2v) is 3.63. The Bertz CT molecular complexity index is 115. The average molecular weight is 170 g/mol. The first kappa shape index (κ1) is 10.0. The molecule has 2 atom stereocenters. The Kier molecular flexibility index (Phi) is 4.02. The van der Waals surface area contributed by atoms with Crippen LogP contribution < -0.4 is 5.32 Å². The van der Waals surface area contributed by atoms with Crippen molar-refractivity contribution in [2.24, 2.45) is 5.92 Å². The smallest absolute Gasteiger partial charge is 0.0260 e. The molecule has 1 N–H and O–H groups in total. The summed E-state index contributed by atoms with van der Waals surface area (Å²) in [7, 11) is 0. The van der Waals surface area contributed by atoms with Crippen LogP contribution in [-0.2, 0) is 0 Å². The van der Waals surface area contributed by atoms with Gasteiger partial charge in [-0.25, -0.2) is 0 Å². The third kappa shape index (κ3) is 1.99. The molecule has 1 heterocycles. The number of nitrogens with zero attached hydrogens (tertiary/aromatic N) is 1. The third-order valence-corrected chi connectivity index (χ3v) is 3.02. The normalized spacial score (nSPS) is 30.2. The van der Waals surface area contributed by atoms with Crippen molar-refractivity contribution >= 4 is 0 Å². The molecule has 72 valence electrons. The lowest BCUT2D eigenvalue weighted by molar-refractivity contribution is 0.0188. The Morgan fingerprint density at radius 2 is 2.08 bits per heavy atom. The molecular weight excluding hydrogens is 148 g/mol. The fraction of sp³-hybridized carbons (Fsp3) is 1.00. The molecule has 2 nitrogen and oxygen atoms in total. The number of likely N-dealkylation sites (N-methyl/N-ethyl adjacent to an activating group) is 2. The summed E-state index contributed by atoms with van der Waals surface area (Å²) in [6.45, 7) is 11.6. The van der Waals surface area contributed by atoms with E-state index in [2.05, 4.69) is 31.0 Å². The summed E-state index contributed by atoms with van der Waals surface area (Å²) in [5.74, 6) is 0.948. The maximum atomic E-state index is 3.44. The Hall–Kier alpha value is -0.0800. The molecule has 0 aliphatic carbocycles. The van der Waals surface area contributed by atoms with Crippen LogP contribution in [0.3, 0.4) is 0 Å². The summed E-state index contributed by atoms with van der Waals surface area (Å²) in [4.78, 5) is 2.57. The molecule has 0 amide bonds. The van der Waals surface area contributed by atoms with Crippen molar-refractivity contribution in [2.45, 2.75) is 33.2 Å². The van der Waals surface area contributed by atoms with Crippen molar-refractivity contribution in [2.75, 3.05) is 26.2 Å². The lowest BCUT2D eigenvalue weighted by Crippen LogP contribution is -2.59. The van der Waals surface area contributed by atoms with Crippen LogP contribution in [0, 0.1) is 5.92 Å². The largest absolute Gasteiger partial charge is 0.315 e. The van der Waals surface area contributed by atoms with Gasteiger partial charge < -0.3 is 5.32 Å². The van der Waals surface area contributed by atoms with Gasteiger partial charge >= 0.3 is 0 Å². The summed E-state index contributed by atoms with van der Waals surface area (Å²) in [6, 6.07) is 0.819. The second kappa shape index (κ2) is 4.83. The van der Waals surface area contributed by atoms with Crippen LogP contribution in [0.2, 0.25) is 0 Å². The molecule has 1 rings (SSSR count). The molecule has 1 fully saturated rings. The van der Waals surface area contributed by atoms with E-state index in [9.17, 15) is 0 Å². The first-order valence-corrected chi connectivity index (χ1v) is 5.28. The molecule has 0 spiro atoms. The standard InChI is InChI=1S/C10H22N2/c1-4-9-8-12(6-3)10(9)7-11-5-2/h9-11H,4-8H2,1-3H3. The van der Waals surface area contributed by atoms with Gasteiger partial charge in [0.05, 0.1) is 0 Å². The third-order valence-electron chi connectivity index (χ3n) is 3.02. The monoisotopic (exact) mass is 170 g/mol. The Labute approximate surface area is 76.3 Å². The second-order valence-electron chi connectivity index (χ2n) is 3.63. The molecule has 0 aromatic heterocycles. The lowest BCUT2D eigenvalue weighted by atomic mass is 9.86. The molecule has 0 aromatic rings. The van der Waals surface area contributed by atoms with E-state index >= 15 is 0 Å². The Morgan fingerprint density at radius 1 is 1.33 bits per heavy atom. The minimum absolute atomic E-state index is 0.819. The van der Waals surface area contributed by atoms with Crippen LogP contribution in [0.1, 0.15) is 27.2 Å². The van der Waals surface area contributed by atoms with E-state index in [0.29, 0.717) is 0 Å². The van der Waals surface area contributed by atoms with Gasteiger partial charge in [-0.15, -0.1) is 0 Å². The number of hydrogen-bond donors (Lipinski definition) is 1. The van der Waals surface area contributed by atoms with Crippen molar-refractivity contribution in [3.05, 3.63) is 0 Å². The van der Waals surface area contributed by atoms with Gasteiger partial charge in [-0.05, 0) is 19.0 Å². The maximum Gasteiger partial charge on any atom is 0.0260 e. The molecular formula is C10H22N2. The zero-order chi connectivity index (χ0) is 8.97. The number of likely N-dealkylation sites (tertiary alicyclic amines) is 1. The van der Waals surface area contributed by atoms with E-state index in [1.165, 1.54) is 26.1 Å². The summed E-state index contributed by atoms with van der Waals surface area (Å²) in [5.41, 5.74) is 0. The fourth-order valence-electron chi connectivity index (χ4n) is 2.07. The van der Waals surface area contributed by atoms with Gasteiger partial charge in [0.15, 0.2) is 0 Å². The first-order chi connectivity index (χ1) is 5.83. The molecule has 0 saturated carbocycles. The quantitative estimate of drug-likeness (QED) is 0.669. The van der Waals surface area contributed by atoms with Gasteiger partial charge in [0.1, 0.15) is 0 Å². The molecule has 0 aromatic carbocycles. The van der Waals surface area contributed by atoms with Crippen molar-refractivity contribution in [3.8, 4) is 0 Å². The van der Waals surface area contributed by atoms with Crippen molar-refractivity contribution < 1.29 is 0 Å². The minimum Gasteiger partial charge on any atom is -0.315 e. The minimum atomic E-state index is 0.819. The SMILES string of the molecule is CCNCC1C(CC)CN1CC. The van der Waals surface area contributed by atoms with Gasteiger partial charge in [0, 0.05) is 19.1 Å². The fourth-order valence-corrected chi connectivity index (χ4v) is 2.07. The van der Waals surface area contributed by atoms with Crippen molar-refractivity contribution in [1.29, 1.82) is 0 Å². The number of hydrogen-bond acceptors (Lipinski definition) is 2. The Morgan fingerprint density at radius 3 is 2.58 bits per heavy atom. The molecule has 2 unspecified atom stereocenters. The maximum absolute atomic E-state index is 3.44. The van der Waals surface area contributed by atoms with Crippen LogP contribution in [0.25, 0.3) is 0 Å². The molecule has 0 radical (unpaired) electrons. The van der Waals surface area contributed by atoms with Crippen LogP contribution in [0.4, 0.5) is 0 Å². The molecule has 2 heteroatoms. The van der Waals surface area contributed by atoms with E-state index in [0.717, 1.165) is 18.5 Å². The molecule has 1 aliphatic rings. The van der Waals surface area contributed by atoms with E-state index < -0.39 is 0 Å². The highest BCUT2D eigenvalue weighted by molar-refractivity contribution is 4.91. The highest BCUT2D eigenvalue weighted by Gasteiger charge is 2.35. The van der Waals surface area contributed by atoms with Crippen molar-refractivity contribution in [1.82, 2.24) is 10.2 Å². The van der Waals surface area contributed by atoms with E-state index in [1.54, 1.807) is 0 Å². The Balaban J connectivity index is 2.25. The van der Waals surface area contributed by atoms with Gasteiger partial charge in [0.25, 0.3) is 0 Å². The zero-order valence-corrected chi connectivity index (χ0v) is 8.64. The van der Waals surface area contributed by atoms with Crippen LogP contribution >= 0.6 is 0 Å². The van der Waals surface area contributed by atoms with Crippen LogP contribution in [-0.4, -0.2) is 37.1 Å². The van der Waals surface area contributed by atoms with Gasteiger partial charge in [0.2, 0.25) is 0 Å². The highest BCUT2D eigenvalue weighted by atomic mass is 15.2. The topological polar surface area (TPSA) is 15.3 Å². The predicted molar refractivity (Wildman–Crippen MR) is 53.4 cm³/mol. The number of nitrogens with one attached hydrogen (secondary N) is 1. The van der Waals surface area contributed by atoms with Gasteiger partial charge in [-0.1, -0.05) is 27.2 Å². The molecule has 0 bridgehead atoms. The number of rotatable bonds is 5. The van der Waals surface area contributed by atoms with E-state index in [-0.39, 0.29) is 0 Å². The van der Waals surface area contributed by atoms with Crippen LogP contribution in [0.5, 0.6) is 0 Å². The average Bonchev–Trinajstić information content (AvgIpc) is 2.05. The summed E-state index contributed by atoms with van der Waals surface area (Å²) >= 11 is 0. The first-order valence-electron chi connectivity index (χ1n) is 5.28. The summed E-state index contributed by atoms with van der Waals surface area (Å²) in [6.07, 6.45) is 1.34. The van der Waals surface area contributed by atoms with Crippen molar-refractivity contribution in [3.63, 3.8) is 0 Å². The summed E-state index contributed by atoms with van der Waals surface area (Å²) in [5, 5.41) is 3.44. The van der Waals surface area contributed by atoms with E-state index in [4.69, 9.17) is 0 Å². The molecule has 12 heavy (non-hydrogen) atoms. The van der Waals surface area contributed by atoms with E-state index in [1.807, 2.05) is 0 Å². The molecule has 1 aliphatic heterocycles. The van der Waals surface area contributed by atoms with Gasteiger partial charge in [-0.2, -0.15) is 0 Å². The zero-order valence-electron chi connectivity index (χ0n) is 8.64.